The molecule has 0 aliphatic rings. The molecule has 43 heavy (non-hydrogen) atoms. The van der Waals surface area contributed by atoms with Crippen molar-refractivity contribution in [2.45, 2.75) is 26.3 Å². The number of imidazole rings is 1. The summed E-state index contributed by atoms with van der Waals surface area (Å²) < 4.78 is 49.1. The zero-order chi connectivity index (χ0) is 30.8. The number of aromatic amines is 1. The van der Waals surface area contributed by atoms with Gasteiger partial charge in [0, 0.05) is 12.3 Å². The molecule has 0 amide bonds. The standard InChI is InChI=1S/C29H25N3O4.C2HF3O2/c1-2-34-29(33)22-15-25-28(30-17-22)32-27(31-25)24-14-13-23(35-18-20-9-5-3-6-10-20)16-26(24)36-19-21-11-7-4-8-12-21;3-2(4,5)1(6)7/h3-17H,2,18-19H2,1H3,(H,30,31,32);(H,6,7). The minimum atomic E-state index is -5.08. The van der Waals surface area contributed by atoms with Crippen molar-refractivity contribution in [3.05, 3.63) is 108 Å². The first kappa shape index (κ1) is 30.6. The number of carbonyl (C=O) groups excluding carboxylic acids is 1. The minimum Gasteiger partial charge on any atom is -0.489 e. The Morgan fingerprint density at radius 2 is 1.49 bits per heavy atom. The molecule has 0 saturated heterocycles. The fourth-order valence-corrected chi connectivity index (χ4v) is 3.74. The highest BCUT2D eigenvalue weighted by atomic mass is 19.4. The lowest BCUT2D eigenvalue weighted by Gasteiger charge is -2.13. The van der Waals surface area contributed by atoms with Crippen LogP contribution in [0.25, 0.3) is 22.6 Å². The van der Waals surface area contributed by atoms with Gasteiger partial charge in [0.25, 0.3) is 0 Å². The third-order valence-corrected chi connectivity index (χ3v) is 5.78. The van der Waals surface area contributed by atoms with Gasteiger partial charge in [0.1, 0.15) is 30.5 Å². The van der Waals surface area contributed by atoms with Crippen molar-refractivity contribution in [1.29, 1.82) is 0 Å². The van der Waals surface area contributed by atoms with Crippen molar-refractivity contribution in [1.82, 2.24) is 15.0 Å². The number of ether oxygens (including phenoxy) is 3. The Hall–Kier alpha value is -5.39. The van der Waals surface area contributed by atoms with Crippen LogP contribution in [-0.4, -0.2) is 44.8 Å². The van der Waals surface area contributed by atoms with Crippen molar-refractivity contribution in [2.24, 2.45) is 0 Å². The molecule has 0 aliphatic carbocycles. The van der Waals surface area contributed by atoms with E-state index in [-0.39, 0.29) is 0 Å². The Kier molecular flexibility index (Phi) is 9.94. The number of H-pyrrole nitrogens is 1. The van der Waals surface area contributed by atoms with Gasteiger partial charge in [-0.15, -0.1) is 0 Å². The van der Waals surface area contributed by atoms with E-state index in [9.17, 15) is 18.0 Å². The Morgan fingerprint density at radius 1 is 0.884 bits per heavy atom. The monoisotopic (exact) mass is 593 g/mol. The molecule has 222 valence electrons. The van der Waals surface area contributed by atoms with Crippen LogP contribution in [0.15, 0.2) is 91.1 Å². The summed E-state index contributed by atoms with van der Waals surface area (Å²) in [7, 11) is 0. The van der Waals surface area contributed by atoms with E-state index in [2.05, 4.69) is 15.0 Å². The number of benzene rings is 3. The third-order valence-electron chi connectivity index (χ3n) is 5.78. The maximum atomic E-state index is 12.1. The van der Waals surface area contributed by atoms with Crippen LogP contribution in [0.1, 0.15) is 28.4 Å². The molecule has 0 atom stereocenters. The molecule has 5 aromatic rings. The van der Waals surface area contributed by atoms with E-state index in [1.165, 1.54) is 6.20 Å². The van der Waals surface area contributed by atoms with Crippen LogP contribution in [0.3, 0.4) is 0 Å². The van der Waals surface area contributed by atoms with Gasteiger partial charge in [0.05, 0.1) is 23.3 Å². The van der Waals surface area contributed by atoms with Crippen molar-refractivity contribution in [3.8, 4) is 22.9 Å². The quantitative estimate of drug-likeness (QED) is 0.184. The summed E-state index contributed by atoms with van der Waals surface area (Å²) in [5.74, 6) is -1.29. The molecule has 9 nitrogen and oxygen atoms in total. The molecule has 2 heterocycles. The molecule has 0 radical (unpaired) electrons. The number of fused-ring (bicyclic) bond motifs is 1. The van der Waals surface area contributed by atoms with E-state index in [4.69, 9.17) is 24.1 Å². The highest BCUT2D eigenvalue weighted by Crippen LogP contribution is 2.34. The number of hydrogen-bond donors (Lipinski definition) is 2. The predicted molar refractivity (Wildman–Crippen MR) is 151 cm³/mol. The zero-order valence-electron chi connectivity index (χ0n) is 22.8. The number of nitrogens with zero attached hydrogens (tertiary/aromatic N) is 2. The molecule has 3 aromatic carbocycles. The summed E-state index contributed by atoms with van der Waals surface area (Å²) in [4.78, 5) is 33.2. The number of halogens is 3. The molecule has 0 spiro atoms. The maximum Gasteiger partial charge on any atom is 0.490 e. The van der Waals surface area contributed by atoms with Crippen LogP contribution < -0.4 is 9.47 Å². The van der Waals surface area contributed by atoms with Crippen molar-refractivity contribution < 1.29 is 42.1 Å². The number of carboxylic acid groups (broad SMARTS) is 1. The maximum absolute atomic E-state index is 12.1. The summed E-state index contributed by atoms with van der Waals surface area (Å²) in [6.45, 7) is 2.90. The molecule has 0 fully saturated rings. The smallest absolute Gasteiger partial charge is 0.489 e. The second-order valence-electron chi connectivity index (χ2n) is 8.91. The summed E-state index contributed by atoms with van der Waals surface area (Å²) in [6.07, 6.45) is -3.61. The number of pyridine rings is 1. The second-order valence-corrected chi connectivity index (χ2v) is 8.91. The van der Waals surface area contributed by atoms with Gasteiger partial charge in [0.15, 0.2) is 5.65 Å². The molecular weight excluding hydrogens is 567 g/mol. The lowest BCUT2D eigenvalue weighted by Crippen LogP contribution is -2.21. The third kappa shape index (κ3) is 8.55. The molecule has 2 N–H and O–H groups in total. The predicted octanol–water partition coefficient (Wildman–Crippen LogP) is 6.59. The van der Waals surface area contributed by atoms with Gasteiger partial charge in [0.2, 0.25) is 0 Å². The van der Waals surface area contributed by atoms with Crippen molar-refractivity contribution >= 4 is 23.1 Å². The molecule has 0 saturated carbocycles. The molecule has 12 heteroatoms. The summed E-state index contributed by atoms with van der Waals surface area (Å²) >= 11 is 0. The normalized spacial score (nSPS) is 10.9. The first-order valence-electron chi connectivity index (χ1n) is 12.9. The molecule has 2 aromatic heterocycles. The van der Waals surface area contributed by atoms with E-state index in [1.54, 1.807) is 13.0 Å². The molecule has 5 rings (SSSR count). The number of aliphatic carboxylic acids is 1. The Balaban J connectivity index is 0.000000541. The highest BCUT2D eigenvalue weighted by Gasteiger charge is 2.38. The summed E-state index contributed by atoms with van der Waals surface area (Å²) in [6, 6.07) is 27.3. The SMILES string of the molecule is CCOC(=O)c1cnc2nc(-c3ccc(OCc4ccccc4)cc3OCc3ccccc3)[nH]c2c1.O=C(O)C(F)(F)F. The van der Waals surface area contributed by atoms with Crippen LogP contribution in [-0.2, 0) is 22.7 Å². The fourth-order valence-electron chi connectivity index (χ4n) is 3.74. The van der Waals surface area contributed by atoms with Crippen LogP contribution >= 0.6 is 0 Å². The number of carbonyl (C=O) groups is 2. The number of esters is 1. The van der Waals surface area contributed by atoms with Gasteiger partial charge in [-0.3, -0.25) is 0 Å². The van der Waals surface area contributed by atoms with Gasteiger partial charge in [-0.2, -0.15) is 13.2 Å². The van der Waals surface area contributed by atoms with Gasteiger partial charge in [-0.25, -0.2) is 19.6 Å². The van der Waals surface area contributed by atoms with E-state index in [0.29, 0.717) is 53.9 Å². The first-order valence-corrected chi connectivity index (χ1v) is 12.9. The van der Waals surface area contributed by atoms with Crippen LogP contribution in [0, 0.1) is 0 Å². The molecule has 0 unspecified atom stereocenters. The molecular formula is C31H26F3N3O6. The van der Waals surface area contributed by atoms with Crippen LogP contribution in [0.2, 0.25) is 0 Å². The van der Waals surface area contributed by atoms with Crippen LogP contribution in [0.5, 0.6) is 11.5 Å². The Morgan fingerprint density at radius 3 is 2.07 bits per heavy atom. The second kappa shape index (κ2) is 14.0. The van der Waals surface area contributed by atoms with E-state index in [1.807, 2.05) is 78.9 Å². The lowest BCUT2D eigenvalue weighted by atomic mass is 10.1. The number of alkyl halides is 3. The highest BCUT2D eigenvalue weighted by molar-refractivity contribution is 5.92. The summed E-state index contributed by atoms with van der Waals surface area (Å²) in [5, 5.41) is 7.12. The van der Waals surface area contributed by atoms with E-state index < -0.39 is 18.1 Å². The van der Waals surface area contributed by atoms with E-state index in [0.717, 1.165) is 16.7 Å². The van der Waals surface area contributed by atoms with Crippen molar-refractivity contribution in [3.63, 3.8) is 0 Å². The Labute approximate surface area is 243 Å². The van der Waals surface area contributed by atoms with Gasteiger partial charge in [-0.1, -0.05) is 60.7 Å². The molecule has 0 aliphatic heterocycles. The number of hydrogen-bond acceptors (Lipinski definition) is 7. The van der Waals surface area contributed by atoms with Crippen molar-refractivity contribution in [2.75, 3.05) is 6.61 Å². The van der Waals surface area contributed by atoms with Gasteiger partial charge in [-0.05, 0) is 36.2 Å². The largest absolute Gasteiger partial charge is 0.490 e. The average Bonchev–Trinajstić information content (AvgIpc) is 3.43. The summed E-state index contributed by atoms with van der Waals surface area (Å²) in [5.41, 5.74) is 4.38. The lowest BCUT2D eigenvalue weighted by molar-refractivity contribution is -0.192. The number of nitrogens with one attached hydrogen (secondary N) is 1. The fraction of sp³-hybridized carbons (Fsp3) is 0.161. The topological polar surface area (TPSA) is 124 Å². The average molecular weight is 594 g/mol. The number of aromatic nitrogens is 3. The van der Waals surface area contributed by atoms with Crippen LogP contribution in [0.4, 0.5) is 13.2 Å². The number of carboxylic acids is 1. The van der Waals surface area contributed by atoms with Gasteiger partial charge >= 0.3 is 18.1 Å². The zero-order valence-corrected chi connectivity index (χ0v) is 22.8. The number of rotatable bonds is 9. The van der Waals surface area contributed by atoms with Gasteiger partial charge < -0.3 is 24.3 Å². The minimum absolute atomic E-state index is 0.298. The Bertz CT molecular complexity index is 1680. The van der Waals surface area contributed by atoms with E-state index >= 15 is 0 Å². The first-order chi connectivity index (χ1) is 20.6. The molecule has 0 bridgehead atoms.